The van der Waals surface area contributed by atoms with Crippen molar-refractivity contribution in [3.63, 3.8) is 0 Å². The van der Waals surface area contributed by atoms with Gasteiger partial charge >= 0.3 is 0 Å². The number of ketones is 1. The van der Waals surface area contributed by atoms with E-state index in [1.54, 1.807) is 19.9 Å². The Morgan fingerprint density at radius 3 is 2.49 bits per heavy atom. The number of allylic oxidation sites excluding steroid dienone is 1. The van der Waals surface area contributed by atoms with Crippen LogP contribution in [0.1, 0.15) is 64.8 Å². The summed E-state index contributed by atoms with van der Waals surface area (Å²) in [6.45, 7) is 8.19. The number of nitrogens with one attached hydrogen (secondary N) is 3. The number of nitrogens with zero attached hydrogens (tertiary/aromatic N) is 2. The Labute approximate surface area is 239 Å². The molecule has 2 aromatic rings. The number of carbonyl (C=O) groups excluding carboxylic acids is 4. The Morgan fingerprint density at radius 1 is 1.05 bits per heavy atom. The molecule has 0 saturated carbocycles. The number of aliphatic hydroxyl groups excluding tert-OH is 1. The minimum atomic E-state index is -1.36. The van der Waals surface area contributed by atoms with Gasteiger partial charge in [-0.2, -0.15) is 0 Å². The number of ether oxygens (including phenoxy) is 1. The first-order valence-corrected chi connectivity index (χ1v) is 14.0. The topological polar surface area (TPSA) is 150 Å². The van der Waals surface area contributed by atoms with E-state index in [1.807, 2.05) is 43.3 Å². The van der Waals surface area contributed by atoms with Crippen LogP contribution < -0.4 is 16.1 Å². The lowest BCUT2D eigenvalue weighted by molar-refractivity contribution is -0.150. The van der Waals surface area contributed by atoms with Crippen molar-refractivity contribution in [1.29, 1.82) is 0 Å². The van der Waals surface area contributed by atoms with Crippen LogP contribution in [0.3, 0.4) is 0 Å². The van der Waals surface area contributed by atoms with Crippen LogP contribution in [0.25, 0.3) is 17.0 Å². The van der Waals surface area contributed by atoms with Gasteiger partial charge in [0.15, 0.2) is 11.9 Å². The fourth-order valence-corrected chi connectivity index (χ4v) is 4.79. The summed E-state index contributed by atoms with van der Waals surface area (Å²) in [7, 11) is 0. The minimum absolute atomic E-state index is 0.262. The smallest absolute Gasteiger partial charge is 0.258 e. The number of pyridine rings is 1. The molecule has 1 saturated heterocycles. The van der Waals surface area contributed by atoms with Crippen molar-refractivity contribution in [3.05, 3.63) is 47.7 Å². The maximum atomic E-state index is 13.1. The number of hydrazine groups is 1. The lowest BCUT2D eigenvalue weighted by Gasteiger charge is -2.35. The number of amides is 3. The zero-order chi connectivity index (χ0) is 29.9. The predicted molar refractivity (Wildman–Crippen MR) is 153 cm³/mol. The lowest BCUT2D eigenvalue weighted by atomic mass is 9.87. The lowest BCUT2D eigenvalue weighted by Crippen LogP contribution is -2.61. The van der Waals surface area contributed by atoms with Crippen LogP contribution in [0.5, 0.6) is 0 Å². The standard InChI is InChI=1S/C30H39N5O6/c1-17-22-11-10-21-9-8-20(15-24(21)33-22)12-13-30(4,5)25(37)16-41-26(19(3)36)28(39)32-18(2)29(40)35-14-6-7-23(34-35)27(38)31-17/h8-13,15,17-19,23,26,34,36H,6-7,14,16H2,1-5H3,(H,31,38)(H,32,39)/b13-12+/t17-,18+,19-,23+,26+/m1/s1. The van der Waals surface area contributed by atoms with E-state index in [-0.39, 0.29) is 17.7 Å². The van der Waals surface area contributed by atoms with E-state index >= 15 is 0 Å². The third-order valence-corrected chi connectivity index (χ3v) is 7.54. The van der Waals surface area contributed by atoms with Gasteiger partial charge in [-0.1, -0.05) is 30.4 Å². The molecule has 4 rings (SSSR count). The highest BCUT2D eigenvalue weighted by molar-refractivity contribution is 5.91. The van der Waals surface area contributed by atoms with Crippen LogP contribution in [-0.2, 0) is 23.9 Å². The van der Waals surface area contributed by atoms with E-state index in [9.17, 15) is 24.3 Å². The molecule has 5 bridgehead atoms. The molecule has 11 nitrogen and oxygen atoms in total. The second-order valence-electron chi connectivity index (χ2n) is 11.4. The van der Waals surface area contributed by atoms with Crippen LogP contribution in [0, 0.1) is 5.41 Å². The normalized spacial score (nSPS) is 28.0. The predicted octanol–water partition coefficient (Wildman–Crippen LogP) is 1.80. The van der Waals surface area contributed by atoms with E-state index in [0.717, 1.165) is 16.5 Å². The molecular formula is C30H39N5O6. The van der Waals surface area contributed by atoms with Crippen molar-refractivity contribution < 1.29 is 29.0 Å². The van der Waals surface area contributed by atoms with Crippen LogP contribution in [-0.4, -0.2) is 76.0 Å². The second kappa shape index (κ2) is 12.5. The van der Waals surface area contributed by atoms with E-state index < -0.39 is 48.1 Å². The Hall–Kier alpha value is -3.67. The van der Waals surface area contributed by atoms with Gasteiger partial charge in [-0.15, -0.1) is 0 Å². The molecule has 4 N–H and O–H groups in total. The number of hydrogen-bond acceptors (Lipinski definition) is 8. The summed E-state index contributed by atoms with van der Waals surface area (Å²) in [4.78, 5) is 57.1. The van der Waals surface area contributed by atoms with Gasteiger partial charge in [0.2, 0.25) is 5.91 Å². The molecule has 1 aromatic carbocycles. The Morgan fingerprint density at radius 2 is 1.76 bits per heavy atom. The van der Waals surface area contributed by atoms with Crippen molar-refractivity contribution in [2.75, 3.05) is 13.2 Å². The number of aliphatic hydroxyl groups is 1. The zero-order valence-electron chi connectivity index (χ0n) is 24.1. The first-order chi connectivity index (χ1) is 19.4. The molecule has 1 fully saturated rings. The first kappa shape index (κ1) is 30.3. The molecule has 0 spiro atoms. The van der Waals surface area contributed by atoms with Crippen molar-refractivity contribution in [2.45, 2.75) is 77.8 Å². The highest BCUT2D eigenvalue weighted by Gasteiger charge is 2.34. The van der Waals surface area contributed by atoms with Crippen molar-refractivity contribution in [2.24, 2.45) is 5.41 Å². The largest absolute Gasteiger partial charge is 0.390 e. The fraction of sp³-hybridized carbons (Fsp3) is 0.500. The molecule has 0 unspecified atom stereocenters. The Kier molecular flexibility index (Phi) is 9.21. The number of fused-ring (bicyclic) bond motifs is 4. The van der Waals surface area contributed by atoms with Crippen molar-refractivity contribution in [3.8, 4) is 0 Å². The average Bonchev–Trinajstić information content (AvgIpc) is 2.94. The molecule has 0 radical (unpaired) electrons. The van der Waals surface area contributed by atoms with Gasteiger partial charge in [0.05, 0.1) is 23.4 Å². The number of hydrogen-bond donors (Lipinski definition) is 4. The molecule has 1 aromatic heterocycles. The molecule has 41 heavy (non-hydrogen) atoms. The number of benzene rings is 1. The van der Waals surface area contributed by atoms with Gasteiger partial charge in [-0.05, 0) is 65.2 Å². The Balaban J connectivity index is 1.67. The molecule has 220 valence electrons. The average molecular weight is 566 g/mol. The molecule has 2 aliphatic heterocycles. The Bertz CT molecular complexity index is 1360. The van der Waals surface area contributed by atoms with Crippen molar-refractivity contribution >= 4 is 40.5 Å². The molecular weight excluding hydrogens is 526 g/mol. The summed E-state index contributed by atoms with van der Waals surface area (Å²) in [5.74, 6) is -1.70. The number of rotatable bonds is 1. The summed E-state index contributed by atoms with van der Waals surface area (Å²) in [6.07, 6.45) is 2.13. The molecule has 2 aliphatic rings. The van der Waals surface area contributed by atoms with Gasteiger partial charge in [0.25, 0.3) is 11.8 Å². The number of Topliss-reactive ketones (excluding diaryl/α,β-unsaturated/α-hetero) is 1. The first-order valence-electron chi connectivity index (χ1n) is 14.0. The second-order valence-corrected chi connectivity index (χ2v) is 11.4. The third-order valence-electron chi connectivity index (χ3n) is 7.54. The minimum Gasteiger partial charge on any atom is -0.390 e. The zero-order valence-corrected chi connectivity index (χ0v) is 24.1. The molecule has 5 atom stereocenters. The molecule has 11 heteroatoms. The highest BCUT2D eigenvalue weighted by atomic mass is 16.5. The monoisotopic (exact) mass is 565 g/mol. The maximum Gasteiger partial charge on any atom is 0.258 e. The summed E-state index contributed by atoms with van der Waals surface area (Å²) in [5, 5.41) is 18.0. The fourth-order valence-electron chi connectivity index (χ4n) is 4.79. The van der Waals surface area contributed by atoms with Gasteiger partial charge < -0.3 is 20.5 Å². The summed E-state index contributed by atoms with van der Waals surface area (Å²) in [6, 6.07) is 7.60. The van der Waals surface area contributed by atoms with Crippen molar-refractivity contribution in [1.82, 2.24) is 26.1 Å². The molecule has 3 heterocycles. The number of carbonyl (C=O) groups is 4. The van der Waals surface area contributed by atoms with E-state index in [0.29, 0.717) is 25.1 Å². The van der Waals surface area contributed by atoms with E-state index in [4.69, 9.17) is 9.72 Å². The van der Waals surface area contributed by atoms with Gasteiger partial charge in [0, 0.05) is 17.3 Å². The highest BCUT2D eigenvalue weighted by Crippen LogP contribution is 2.24. The maximum absolute atomic E-state index is 13.1. The van der Waals surface area contributed by atoms with E-state index in [2.05, 4.69) is 16.1 Å². The molecule has 0 aliphatic carbocycles. The van der Waals surface area contributed by atoms with Crippen LogP contribution in [0.4, 0.5) is 0 Å². The van der Waals surface area contributed by atoms with Gasteiger partial charge in [-0.3, -0.25) is 29.2 Å². The van der Waals surface area contributed by atoms with Crippen LogP contribution in [0.2, 0.25) is 0 Å². The van der Waals surface area contributed by atoms with Gasteiger partial charge in [0.1, 0.15) is 18.7 Å². The SMILES string of the molecule is C[C@@H]1NC(=O)[C@H]([C@@H](C)O)OCC(=O)C(C)(C)/C=C/c2ccc3ccc(nc3c2)[C@@H](C)NC(=O)[C@@H]2CCCN(N2)C1=O. The van der Waals surface area contributed by atoms with Crippen LogP contribution >= 0.6 is 0 Å². The van der Waals surface area contributed by atoms with E-state index in [1.165, 1.54) is 18.9 Å². The summed E-state index contributed by atoms with van der Waals surface area (Å²) >= 11 is 0. The van der Waals surface area contributed by atoms with Gasteiger partial charge in [-0.25, -0.2) is 5.43 Å². The summed E-state index contributed by atoms with van der Waals surface area (Å²) < 4.78 is 5.58. The third kappa shape index (κ3) is 7.16. The molecule has 3 amide bonds. The number of aromatic nitrogens is 1. The quantitative estimate of drug-likeness (QED) is 0.409. The van der Waals surface area contributed by atoms with Crippen LogP contribution in [0.15, 0.2) is 36.4 Å². The summed E-state index contributed by atoms with van der Waals surface area (Å²) in [5.41, 5.74) is 4.33.